The van der Waals surface area contributed by atoms with Gasteiger partial charge >= 0.3 is 0 Å². The molecule has 0 saturated heterocycles. The van der Waals surface area contributed by atoms with Crippen LogP contribution in [0.3, 0.4) is 0 Å². The van der Waals surface area contributed by atoms with Crippen LogP contribution in [0, 0.1) is 0 Å². The van der Waals surface area contributed by atoms with Gasteiger partial charge in [-0.05, 0) is 44.9 Å². The first-order chi connectivity index (χ1) is 24.0. The van der Waals surface area contributed by atoms with Gasteiger partial charge in [-0.1, -0.05) is 192 Å². The van der Waals surface area contributed by atoms with E-state index in [4.69, 9.17) is 0 Å². The normalized spacial score (nSPS) is 14.5. The van der Waals surface area contributed by atoms with Crippen molar-refractivity contribution in [3.05, 3.63) is 24.3 Å². The molecule has 6 heteroatoms. The van der Waals surface area contributed by atoms with Gasteiger partial charge in [0, 0.05) is 0 Å². The molecule has 0 aromatic rings. The Hall–Kier alpha value is -1.21. The lowest BCUT2D eigenvalue weighted by molar-refractivity contribution is -0.132. The topological polar surface area (TPSA) is 110 Å². The van der Waals surface area contributed by atoms with Crippen LogP contribution in [0.5, 0.6) is 0 Å². The van der Waals surface area contributed by atoms with E-state index in [2.05, 4.69) is 43.5 Å². The van der Waals surface area contributed by atoms with Crippen LogP contribution in [0.15, 0.2) is 24.3 Å². The van der Waals surface area contributed by atoms with Gasteiger partial charge < -0.3 is 25.7 Å². The van der Waals surface area contributed by atoms with E-state index in [0.717, 1.165) is 57.8 Å². The van der Waals surface area contributed by atoms with Crippen LogP contribution in [-0.2, 0) is 4.79 Å². The average Bonchev–Trinajstić information content (AvgIpc) is 3.11. The van der Waals surface area contributed by atoms with Crippen molar-refractivity contribution in [3.8, 4) is 0 Å². The summed E-state index contributed by atoms with van der Waals surface area (Å²) in [6.07, 6.45) is 42.1. The summed E-state index contributed by atoms with van der Waals surface area (Å²) in [6, 6.07) is -0.987. The van der Waals surface area contributed by atoms with E-state index >= 15 is 0 Å². The van der Waals surface area contributed by atoms with Crippen molar-refractivity contribution in [3.63, 3.8) is 0 Å². The molecule has 0 aliphatic heterocycles. The second kappa shape index (κ2) is 38.0. The number of carbonyl (C=O) groups is 1. The van der Waals surface area contributed by atoms with Gasteiger partial charge in [-0.25, -0.2) is 0 Å². The number of amides is 1. The van der Waals surface area contributed by atoms with Crippen molar-refractivity contribution in [2.45, 2.75) is 237 Å². The SMILES string of the molecule is CCCCCCCCCCC/C=C\C/C=C\CCCCCCCCC(O)C(=O)NC(CO)C(O)C(O)CCCCCCCCCCCCC. The first-order valence-electron chi connectivity index (χ1n) is 21.2. The molecule has 0 spiro atoms. The maximum Gasteiger partial charge on any atom is 0.249 e. The molecule has 290 valence electrons. The Morgan fingerprint density at radius 2 is 0.878 bits per heavy atom. The summed E-state index contributed by atoms with van der Waals surface area (Å²) in [7, 11) is 0. The van der Waals surface area contributed by atoms with Gasteiger partial charge in [0.05, 0.1) is 18.8 Å². The largest absolute Gasteiger partial charge is 0.394 e. The summed E-state index contributed by atoms with van der Waals surface area (Å²) >= 11 is 0. The highest BCUT2D eigenvalue weighted by molar-refractivity contribution is 5.80. The third-order valence-electron chi connectivity index (χ3n) is 9.92. The number of rotatable bonds is 38. The van der Waals surface area contributed by atoms with E-state index in [9.17, 15) is 25.2 Å². The third kappa shape index (κ3) is 32.4. The fourth-order valence-electron chi connectivity index (χ4n) is 6.49. The van der Waals surface area contributed by atoms with Crippen LogP contribution < -0.4 is 5.32 Å². The van der Waals surface area contributed by atoms with E-state index in [1.807, 2.05) is 0 Å². The molecule has 0 radical (unpaired) electrons. The van der Waals surface area contributed by atoms with Gasteiger partial charge in [-0.15, -0.1) is 0 Å². The van der Waals surface area contributed by atoms with Crippen molar-refractivity contribution >= 4 is 5.91 Å². The quantitative estimate of drug-likeness (QED) is 0.0327. The summed E-state index contributed by atoms with van der Waals surface area (Å²) in [6.45, 7) is 4.03. The molecule has 4 atom stereocenters. The lowest BCUT2D eigenvalue weighted by Gasteiger charge is -2.27. The minimum absolute atomic E-state index is 0.358. The number of aliphatic hydroxyl groups excluding tert-OH is 4. The Morgan fingerprint density at radius 1 is 0.510 bits per heavy atom. The predicted molar refractivity (Wildman–Crippen MR) is 210 cm³/mol. The molecule has 49 heavy (non-hydrogen) atoms. The molecule has 6 nitrogen and oxygen atoms in total. The van der Waals surface area contributed by atoms with Crippen molar-refractivity contribution in [2.75, 3.05) is 6.61 Å². The zero-order valence-electron chi connectivity index (χ0n) is 32.4. The van der Waals surface area contributed by atoms with Gasteiger partial charge in [0.25, 0.3) is 0 Å². The molecule has 4 unspecified atom stereocenters. The van der Waals surface area contributed by atoms with Gasteiger partial charge in [0.15, 0.2) is 0 Å². The second-order valence-electron chi connectivity index (χ2n) is 14.7. The molecular formula is C43H83NO5. The van der Waals surface area contributed by atoms with Gasteiger partial charge in [0.1, 0.15) is 12.2 Å². The van der Waals surface area contributed by atoms with E-state index in [0.29, 0.717) is 12.8 Å². The first kappa shape index (κ1) is 47.8. The van der Waals surface area contributed by atoms with Gasteiger partial charge in [0.2, 0.25) is 5.91 Å². The molecule has 0 aliphatic rings. The number of unbranched alkanes of at least 4 members (excludes halogenated alkanes) is 25. The second-order valence-corrected chi connectivity index (χ2v) is 14.7. The molecule has 0 saturated carbocycles. The monoisotopic (exact) mass is 694 g/mol. The smallest absolute Gasteiger partial charge is 0.249 e. The minimum Gasteiger partial charge on any atom is -0.394 e. The van der Waals surface area contributed by atoms with Gasteiger partial charge in [-0.3, -0.25) is 4.79 Å². The number of hydrogen-bond donors (Lipinski definition) is 5. The Balaban J connectivity index is 3.75. The fourth-order valence-corrected chi connectivity index (χ4v) is 6.49. The van der Waals surface area contributed by atoms with Crippen molar-refractivity contribution in [1.82, 2.24) is 5.32 Å². The Kier molecular flexibility index (Phi) is 37.1. The number of allylic oxidation sites excluding steroid dienone is 4. The number of carbonyl (C=O) groups excluding carboxylic acids is 1. The highest BCUT2D eigenvalue weighted by atomic mass is 16.3. The minimum atomic E-state index is -1.26. The summed E-state index contributed by atoms with van der Waals surface area (Å²) in [5, 5.41) is 43.5. The molecule has 5 N–H and O–H groups in total. The Bertz CT molecular complexity index is 742. The fraction of sp³-hybridized carbons (Fsp3) is 0.884. The standard InChI is InChI=1S/C43H83NO5/c1-3-5-7-9-11-13-15-16-17-18-19-20-21-22-23-24-25-27-29-31-33-35-37-41(47)43(49)44-39(38-45)42(48)40(46)36-34-32-30-28-26-14-12-10-8-6-4-2/h19-20,22-23,39-42,45-48H,3-18,21,24-38H2,1-2H3,(H,44,49)/b20-19-,23-22-. The first-order valence-corrected chi connectivity index (χ1v) is 21.2. The number of hydrogen-bond acceptors (Lipinski definition) is 5. The van der Waals surface area contributed by atoms with Crippen molar-refractivity contribution < 1.29 is 25.2 Å². The van der Waals surface area contributed by atoms with Crippen LogP contribution >= 0.6 is 0 Å². The van der Waals surface area contributed by atoms with Crippen LogP contribution in [0.2, 0.25) is 0 Å². The zero-order valence-corrected chi connectivity index (χ0v) is 32.4. The van der Waals surface area contributed by atoms with Crippen LogP contribution in [0.1, 0.15) is 213 Å². The van der Waals surface area contributed by atoms with E-state index in [1.165, 1.54) is 128 Å². The highest BCUT2D eigenvalue weighted by Crippen LogP contribution is 2.16. The van der Waals surface area contributed by atoms with E-state index in [-0.39, 0.29) is 0 Å². The molecule has 0 heterocycles. The van der Waals surface area contributed by atoms with Gasteiger partial charge in [-0.2, -0.15) is 0 Å². The van der Waals surface area contributed by atoms with E-state index < -0.39 is 36.9 Å². The summed E-state index contributed by atoms with van der Waals surface area (Å²) < 4.78 is 0. The Morgan fingerprint density at radius 3 is 1.29 bits per heavy atom. The third-order valence-corrected chi connectivity index (χ3v) is 9.92. The lowest BCUT2D eigenvalue weighted by Crippen LogP contribution is -2.53. The summed E-state index contributed by atoms with van der Waals surface area (Å²) in [4.78, 5) is 12.5. The molecule has 0 aromatic heterocycles. The van der Waals surface area contributed by atoms with Crippen LogP contribution in [-0.4, -0.2) is 57.3 Å². The summed E-state index contributed by atoms with van der Waals surface area (Å²) in [5.41, 5.74) is 0. The number of nitrogens with one attached hydrogen (secondary N) is 1. The zero-order chi connectivity index (χ0) is 36.0. The molecule has 0 fully saturated rings. The maximum atomic E-state index is 12.5. The predicted octanol–water partition coefficient (Wildman–Crippen LogP) is 10.8. The number of aliphatic hydroxyl groups is 4. The highest BCUT2D eigenvalue weighted by Gasteiger charge is 2.28. The molecule has 0 aliphatic carbocycles. The lowest BCUT2D eigenvalue weighted by atomic mass is 9.99. The van der Waals surface area contributed by atoms with Crippen molar-refractivity contribution in [1.29, 1.82) is 0 Å². The van der Waals surface area contributed by atoms with Crippen molar-refractivity contribution in [2.24, 2.45) is 0 Å². The molecule has 0 rings (SSSR count). The van der Waals surface area contributed by atoms with Crippen LogP contribution in [0.25, 0.3) is 0 Å². The molecule has 0 bridgehead atoms. The molecular weight excluding hydrogens is 610 g/mol. The molecule has 0 aromatic carbocycles. The molecule has 1 amide bonds. The van der Waals surface area contributed by atoms with Crippen LogP contribution in [0.4, 0.5) is 0 Å². The summed E-state index contributed by atoms with van der Waals surface area (Å²) in [5.74, 6) is -0.592. The Labute approximate surface area is 304 Å². The maximum absolute atomic E-state index is 12.5. The average molecular weight is 694 g/mol. The van der Waals surface area contributed by atoms with E-state index in [1.54, 1.807) is 0 Å².